The third-order valence-electron chi connectivity index (χ3n) is 2.61. The average molecular weight is 326 g/mol. The maximum Gasteiger partial charge on any atom is 0.261 e. The molecule has 0 aliphatic heterocycles. The van der Waals surface area contributed by atoms with E-state index in [2.05, 4.69) is 4.72 Å². The predicted octanol–water partition coefficient (Wildman–Crippen LogP) is 2.11. The number of benzene rings is 1. The first-order valence-electron chi connectivity index (χ1n) is 5.66. The van der Waals surface area contributed by atoms with E-state index in [1.807, 2.05) is 13.8 Å². The zero-order chi connectivity index (χ0) is 14.8. The quantitative estimate of drug-likeness (QED) is 0.841. The van der Waals surface area contributed by atoms with Crippen molar-refractivity contribution in [2.24, 2.45) is 0 Å². The number of rotatable bonds is 5. The number of hydrogen-bond acceptors (Lipinski definition) is 4. The van der Waals surface area contributed by atoms with Gasteiger partial charge in [0, 0.05) is 10.7 Å². The molecule has 0 heterocycles. The Balaban J connectivity index is 3.55. The number of sulfonamides is 1. The molecule has 0 amide bonds. The summed E-state index contributed by atoms with van der Waals surface area (Å²) in [6.07, 6.45) is 2.04. The highest BCUT2D eigenvalue weighted by Crippen LogP contribution is 2.29. The fraction of sp³-hybridized carbons (Fsp3) is 0.455. The Hall–Kier alpha value is -0.790. The van der Waals surface area contributed by atoms with E-state index in [0.717, 1.165) is 6.26 Å². The van der Waals surface area contributed by atoms with Gasteiger partial charge in [-0.15, -0.1) is 0 Å². The molecule has 0 saturated heterocycles. The standard InChI is InChI=1S/C11H16ClNO4S2/c1-4-8-6-10(19(12,16)17)7-9(5-2)11(8)13-18(3,14)15/h6-7,13H,4-5H2,1-3H3. The second-order valence-corrected chi connectivity index (χ2v) is 8.45. The fourth-order valence-corrected chi connectivity index (χ4v) is 3.22. The van der Waals surface area contributed by atoms with Crippen LogP contribution in [0.2, 0.25) is 0 Å². The van der Waals surface area contributed by atoms with Gasteiger partial charge < -0.3 is 0 Å². The van der Waals surface area contributed by atoms with E-state index >= 15 is 0 Å². The van der Waals surface area contributed by atoms with Crippen molar-refractivity contribution in [2.45, 2.75) is 31.6 Å². The summed E-state index contributed by atoms with van der Waals surface area (Å²) in [7, 11) is -1.92. The monoisotopic (exact) mass is 325 g/mol. The van der Waals surface area contributed by atoms with Crippen molar-refractivity contribution >= 4 is 35.4 Å². The molecule has 1 aromatic rings. The van der Waals surface area contributed by atoms with Crippen LogP contribution in [0, 0.1) is 0 Å². The highest BCUT2D eigenvalue weighted by Gasteiger charge is 2.17. The summed E-state index contributed by atoms with van der Waals surface area (Å²) >= 11 is 0. The third-order valence-corrected chi connectivity index (χ3v) is 4.51. The summed E-state index contributed by atoms with van der Waals surface area (Å²) in [5.74, 6) is 0. The van der Waals surface area contributed by atoms with Crippen LogP contribution in [-0.2, 0) is 31.9 Å². The summed E-state index contributed by atoms with van der Waals surface area (Å²) in [6, 6.07) is 2.80. The van der Waals surface area contributed by atoms with Crippen LogP contribution < -0.4 is 4.72 Å². The maximum atomic E-state index is 11.4. The molecular weight excluding hydrogens is 310 g/mol. The lowest BCUT2D eigenvalue weighted by atomic mass is 10.0. The summed E-state index contributed by atoms with van der Waals surface area (Å²) in [5.41, 5.74) is 1.64. The first-order valence-corrected chi connectivity index (χ1v) is 9.86. The first-order chi connectivity index (χ1) is 8.58. The topological polar surface area (TPSA) is 80.3 Å². The molecule has 108 valence electrons. The van der Waals surface area contributed by atoms with Crippen LogP contribution in [0.15, 0.2) is 17.0 Å². The minimum Gasteiger partial charge on any atom is -0.283 e. The Morgan fingerprint density at radius 3 is 1.74 bits per heavy atom. The average Bonchev–Trinajstić information content (AvgIpc) is 2.25. The van der Waals surface area contributed by atoms with Gasteiger partial charge in [-0.25, -0.2) is 16.8 Å². The second kappa shape index (κ2) is 5.68. The van der Waals surface area contributed by atoms with Crippen LogP contribution in [0.25, 0.3) is 0 Å². The lowest BCUT2D eigenvalue weighted by Gasteiger charge is -2.15. The molecule has 0 fully saturated rings. The van der Waals surface area contributed by atoms with Crippen molar-refractivity contribution in [1.82, 2.24) is 0 Å². The smallest absolute Gasteiger partial charge is 0.261 e. The van der Waals surface area contributed by atoms with Gasteiger partial charge in [0.15, 0.2) is 0 Å². The van der Waals surface area contributed by atoms with Gasteiger partial charge in [0.25, 0.3) is 9.05 Å². The van der Waals surface area contributed by atoms with E-state index in [9.17, 15) is 16.8 Å². The molecule has 1 N–H and O–H groups in total. The van der Waals surface area contributed by atoms with Gasteiger partial charge in [-0.3, -0.25) is 4.72 Å². The van der Waals surface area contributed by atoms with Crippen molar-refractivity contribution in [1.29, 1.82) is 0 Å². The minimum absolute atomic E-state index is 0.0121. The molecule has 0 aliphatic rings. The fourth-order valence-electron chi connectivity index (χ4n) is 1.75. The van der Waals surface area contributed by atoms with E-state index in [-0.39, 0.29) is 4.90 Å². The van der Waals surface area contributed by atoms with E-state index in [1.165, 1.54) is 12.1 Å². The van der Waals surface area contributed by atoms with E-state index in [0.29, 0.717) is 29.7 Å². The molecule has 0 radical (unpaired) electrons. The van der Waals surface area contributed by atoms with Crippen LogP contribution in [-0.4, -0.2) is 23.1 Å². The van der Waals surface area contributed by atoms with Gasteiger partial charge in [0.2, 0.25) is 10.0 Å². The van der Waals surface area contributed by atoms with Crippen molar-refractivity contribution in [3.63, 3.8) is 0 Å². The highest BCUT2D eigenvalue weighted by molar-refractivity contribution is 8.13. The van der Waals surface area contributed by atoms with Crippen molar-refractivity contribution < 1.29 is 16.8 Å². The van der Waals surface area contributed by atoms with Crippen molar-refractivity contribution in [2.75, 3.05) is 11.0 Å². The lowest BCUT2D eigenvalue weighted by molar-refractivity contribution is 0.606. The third kappa shape index (κ3) is 4.36. The van der Waals surface area contributed by atoms with Crippen LogP contribution >= 0.6 is 10.7 Å². The molecule has 1 aromatic carbocycles. The summed E-state index contributed by atoms with van der Waals surface area (Å²) in [6.45, 7) is 3.62. The number of nitrogens with one attached hydrogen (secondary N) is 1. The largest absolute Gasteiger partial charge is 0.283 e. The normalized spacial score (nSPS) is 12.4. The highest BCUT2D eigenvalue weighted by atomic mass is 35.7. The summed E-state index contributed by atoms with van der Waals surface area (Å²) < 4.78 is 47.9. The molecule has 19 heavy (non-hydrogen) atoms. The van der Waals surface area contributed by atoms with Gasteiger partial charge in [-0.2, -0.15) is 0 Å². The minimum atomic E-state index is -3.83. The maximum absolute atomic E-state index is 11.4. The molecule has 0 aliphatic carbocycles. The molecule has 1 rings (SSSR count). The lowest BCUT2D eigenvalue weighted by Crippen LogP contribution is -2.13. The molecule has 0 atom stereocenters. The Kier molecular flexibility index (Phi) is 4.86. The van der Waals surface area contributed by atoms with Gasteiger partial charge in [-0.1, -0.05) is 13.8 Å². The Morgan fingerprint density at radius 1 is 1.05 bits per heavy atom. The van der Waals surface area contributed by atoms with E-state index < -0.39 is 19.1 Å². The van der Waals surface area contributed by atoms with E-state index in [1.54, 1.807) is 0 Å². The van der Waals surface area contributed by atoms with Crippen LogP contribution in [0.5, 0.6) is 0 Å². The van der Waals surface area contributed by atoms with Crippen LogP contribution in [0.3, 0.4) is 0 Å². The predicted molar refractivity (Wildman–Crippen MR) is 76.7 cm³/mol. The van der Waals surface area contributed by atoms with Gasteiger partial charge in [-0.05, 0) is 36.1 Å². The molecule has 0 bridgehead atoms. The number of hydrogen-bond donors (Lipinski definition) is 1. The van der Waals surface area contributed by atoms with Gasteiger partial charge >= 0.3 is 0 Å². The number of anilines is 1. The van der Waals surface area contributed by atoms with Gasteiger partial charge in [0.1, 0.15) is 0 Å². The molecule has 5 nitrogen and oxygen atoms in total. The molecule has 0 spiro atoms. The molecule has 0 saturated carbocycles. The summed E-state index contributed by atoms with van der Waals surface area (Å²) in [4.78, 5) is -0.0121. The van der Waals surface area contributed by atoms with Crippen molar-refractivity contribution in [3.8, 4) is 0 Å². The van der Waals surface area contributed by atoms with E-state index in [4.69, 9.17) is 10.7 Å². The molecule has 8 heteroatoms. The second-order valence-electron chi connectivity index (χ2n) is 4.14. The zero-order valence-electron chi connectivity index (χ0n) is 10.9. The Morgan fingerprint density at radius 2 is 1.47 bits per heavy atom. The van der Waals surface area contributed by atoms with Gasteiger partial charge in [0.05, 0.1) is 16.8 Å². The van der Waals surface area contributed by atoms with Crippen LogP contribution in [0.4, 0.5) is 5.69 Å². The van der Waals surface area contributed by atoms with Crippen LogP contribution in [0.1, 0.15) is 25.0 Å². The van der Waals surface area contributed by atoms with Crippen molar-refractivity contribution in [3.05, 3.63) is 23.3 Å². The SMILES string of the molecule is CCc1cc(S(=O)(=O)Cl)cc(CC)c1NS(C)(=O)=O. The summed E-state index contributed by atoms with van der Waals surface area (Å²) in [5, 5.41) is 0. The number of halogens is 1. The number of aryl methyl sites for hydroxylation is 2. The zero-order valence-corrected chi connectivity index (χ0v) is 13.3. The molecule has 0 aromatic heterocycles. The Labute approximate surface area is 118 Å². The Bertz CT molecular complexity index is 656. The molecular formula is C11H16ClNO4S2. The molecule has 0 unspecified atom stereocenters. The first kappa shape index (κ1) is 16.3.